The fourth-order valence-electron chi connectivity index (χ4n) is 1.86. The van der Waals surface area contributed by atoms with Gasteiger partial charge in [-0.3, -0.25) is 14.3 Å². The Labute approximate surface area is 116 Å². The number of amides is 1. The third-order valence-corrected chi connectivity index (χ3v) is 2.92. The molecule has 0 aliphatic carbocycles. The van der Waals surface area contributed by atoms with Crippen molar-refractivity contribution in [3.05, 3.63) is 46.6 Å². The van der Waals surface area contributed by atoms with E-state index in [0.29, 0.717) is 12.2 Å². The van der Waals surface area contributed by atoms with Gasteiger partial charge in [0.25, 0.3) is 5.56 Å². The van der Waals surface area contributed by atoms with E-state index in [9.17, 15) is 9.59 Å². The minimum absolute atomic E-state index is 0.0271. The van der Waals surface area contributed by atoms with Gasteiger partial charge < -0.3 is 15.2 Å². The van der Waals surface area contributed by atoms with Crippen LogP contribution in [0.2, 0.25) is 0 Å². The Hall–Kier alpha value is -2.57. The van der Waals surface area contributed by atoms with Gasteiger partial charge in [-0.25, -0.2) is 0 Å². The third-order valence-electron chi connectivity index (χ3n) is 2.92. The minimum atomic E-state index is -0.248. The Bertz CT molecular complexity index is 673. The van der Waals surface area contributed by atoms with Crippen LogP contribution in [-0.4, -0.2) is 32.2 Å². The lowest BCUT2D eigenvalue weighted by molar-refractivity contribution is -0.131. The first-order valence-electron chi connectivity index (χ1n) is 6.13. The highest BCUT2D eigenvalue weighted by molar-refractivity contribution is 5.75. The summed E-state index contributed by atoms with van der Waals surface area (Å²) < 4.78 is 2.98. The fourth-order valence-corrected chi connectivity index (χ4v) is 1.86. The fraction of sp³-hybridized carbons (Fsp3) is 0.308. The molecular weight excluding hydrogens is 258 g/mol. The quantitative estimate of drug-likeness (QED) is 0.839. The molecule has 2 aromatic rings. The molecule has 20 heavy (non-hydrogen) atoms. The molecule has 0 atom stereocenters. The lowest BCUT2D eigenvalue weighted by atomic mass is 10.3. The molecule has 0 radical (unpaired) electrons. The summed E-state index contributed by atoms with van der Waals surface area (Å²) in [5, 5.41) is 4.05. The first-order valence-corrected chi connectivity index (χ1v) is 6.13. The molecule has 7 nitrogen and oxygen atoms in total. The maximum absolute atomic E-state index is 12.1. The van der Waals surface area contributed by atoms with Crippen molar-refractivity contribution in [2.45, 2.75) is 13.1 Å². The lowest BCUT2D eigenvalue weighted by Gasteiger charge is -2.17. The van der Waals surface area contributed by atoms with Crippen LogP contribution in [0.4, 0.5) is 5.69 Å². The third kappa shape index (κ3) is 3.25. The smallest absolute Gasteiger partial charge is 0.251 e. The second kappa shape index (κ2) is 5.60. The van der Waals surface area contributed by atoms with E-state index < -0.39 is 0 Å². The molecule has 0 fully saturated rings. The summed E-state index contributed by atoms with van der Waals surface area (Å²) >= 11 is 0. The van der Waals surface area contributed by atoms with E-state index in [4.69, 9.17) is 5.73 Å². The number of likely N-dealkylation sites (N-methyl/N-ethyl adjacent to an activating group) is 1. The standard InChI is InChI=1S/C13H17N5O2/c1-16(6-10-5-15-17(2)7-10)13(20)9-18-8-11(14)3-4-12(18)19/h3-5,7-8H,6,9,14H2,1-2H3. The van der Waals surface area contributed by atoms with Crippen LogP contribution in [-0.2, 0) is 24.9 Å². The Morgan fingerprint density at radius 1 is 1.40 bits per heavy atom. The monoisotopic (exact) mass is 275 g/mol. The Morgan fingerprint density at radius 2 is 2.15 bits per heavy atom. The average Bonchev–Trinajstić information content (AvgIpc) is 2.79. The highest BCUT2D eigenvalue weighted by Crippen LogP contribution is 2.03. The SMILES string of the molecule is CN(Cc1cnn(C)c1)C(=O)Cn1cc(N)ccc1=O. The van der Waals surface area contributed by atoms with E-state index in [-0.39, 0.29) is 18.0 Å². The van der Waals surface area contributed by atoms with Crippen LogP contribution < -0.4 is 11.3 Å². The molecule has 2 N–H and O–H groups in total. The van der Waals surface area contributed by atoms with Gasteiger partial charge in [0.1, 0.15) is 6.54 Å². The summed E-state index contributed by atoms with van der Waals surface area (Å²) in [5.74, 6) is -0.165. The Balaban J connectivity index is 2.04. The van der Waals surface area contributed by atoms with Gasteiger partial charge in [0.2, 0.25) is 5.91 Å². The molecule has 1 amide bonds. The number of hydrogen-bond acceptors (Lipinski definition) is 4. The van der Waals surface area contributed by atoms with Crippen LogP contribution in [0.3, 0.4) is 0 Å². The average molecular weight is 275 g/mol. The molecule has 0 bridgehead atoms. The van der Waals surface area contributed by atoms with Crippen LogP contribution in [0.15, 0.2) is 35.5 Å². The van der Waals surface area contributed by atoms with Crippen LogP contribution in [0.25, 0.3) is 0 Å². The van der Waals surface area contributed by atoms with Gasteiger partial charge >= 0.3 is 0 Å². The maximum Gasteiger partial charge on any atom is 0.251 e. The molecule has 0 spiro atoms. The number of aromatic nitrogens is 3. The van der Waals surface area contributed by atoms with Crippen molar-refractivity contribution in [3.8, 4) is 0 Å². The molecule has 0 saturated heterocycles. The zero-order chi connectivity index (χ0) is 14.7. The van der Waals surface area contributed by atoms with E-state index in [2.05, 4.69) is 5.10 Å². The molecule has 2 rings (SSSR count). The maximum atomic E-state index is 12.1. The van der Waals surface area contributed by atoms with Crippen LogP contribution in [0.1, 0.15) is 5.56 Å². The van der Waals surface area contributed by atoms with Gasteiger partial charge in [-0.2, -0.15) is 5.10 Å². The molecule has 0 aliphatic heterocycles. The van der Waals surface area contributed by atoms with Gasteiger partial charge in [0, 0.05) is 50.4 Å². The van der Waals surface area contributed by atoms with Gasteiger partial charge in [-0.1, -0.05) is 0 Å². The lowest BCUT2D eigenvalue weighted by Crippen LogP contribution is -2.33. The van der Waals surface area contributed by atoms with E-state index in [0.717, 1.165) is 5.56 Å². The summed E-state index contributed by atoms with van der Waals surface area (Å²) in [4.78, 5) is 25.2. The number of nitrogens with zero attached hydrogens (tertiary/aromatic N) is 4. The molecule has 2 aromatic heterocycles. The van der Waals surface area contributed by atoms with E-state index in [1.807, 2.05) is 13.2 Å². The number of carbonyl (C=O) groups is 1. The number of nitrogens with two attached hydrogens (primary N) is 1. The second-order valence-electron chi connectivity index (χ2n) is 4.70. The van der Waals surface area contributed by atoms with Crippen molar-refractivity contribution in [2.24, 2.45) is 7.05 Å². The topological polar surface area (TPSA) is 86.2 Å². The van der Waals surface area contributed by atoms with Gasteiger partial charge in [0.15, 0.2) is 0 Å². The first-order chi connectivity index (χ1) is 9.45. The summed E-state index contributed by atoms with van der Waals surface area (Å²) in [6, 6.07) is 2.87. The normalized spacial score (nSPS) is 10.5. The number of anilines is 1. The molecule has 0 aromatic carbocycles. The second-order valence-corrected chi connectivity index (χ2v) is 4.70. The van der Waals surface area contributed by atoms with Crippen molar-refractivity contribution in [1.82, 2.24) is 19.2 Å². The summed E-state index contributed by atoms with van der Waals surface area (Å²) in [5.41, 5.74) is 6.75. The van der Waals surface area contributed by atoms with Crippen molar-refractivity contribution >= 4 is 11.6 Å². The predicted molar refractivity (Wildman–Crippen MR) is 74.8 cm³/mol. The summed E-state index contributed by atoms with van der Waals surface area (Å²) in [6.07, 6.45) is 5.02. The van der Waals surface area contributed by atoms with E-state index in [1.54, 1.807) is 22.8 Å². The zero-order valence-electron chi connectivity index (χ0n) is 11.5. The number of nitrogen functional groups attached to an aromatic ring is 1. The molecule has 0 unspecified atom stereocenters. The molecular formula is C13H17N5O2. The molecule has 7 heteroatoms. The number of pyridine rings is 1. The van der Waals surface area contributed by atoms with Gasteiger partial charge in [-0.15, -0.1) is 0 Å². The number of aryl methyl sites for hydroxylation is 1. The highest BCUT2D eigenvalue weighted by atomic mass is 16.2. The Kier molecular flexibility index (Phi) is 3.88. The summed E-state index contributed by atoms with van der Waals surface area (Å²) in [7, 11) is 3.50. The minimum Gasteiger partial charge on any atom is -0.398 e. The van der Waals surface area contributed by atoms with E-state index in [1.165, 1.54) is 22.9 Å². The molecule has 0 saturated carbocycles. The van der Waals surface area contributed by atoms with Crippen LogP contribution >= 0.6 is 0 Å². The molecule has 2 heterocycles. The van der Waals surface area contributed by atoms with Crippen molar-refractivity contribution in [1.29, 1.82) is 0 Å². The van der Waals surface area contributed by atoms with Crippen molar-refractivity contribution in [2.75, 3.05) is 12.8 Å². The highest BCUT2D eigenvalue weighted by Gasteiger charge is 2.11. The van der Waals surface area contributed by atoms with Crippen LogP contribution in [0, 0.1) is 0 Å². The Morgan fingerprint density at radius 3 is 2.80 bits per heavy atom. The largest absolute Gasteiger partial charge is 0.398 e. The number of carbonyl (C=O) groups excluding carboxylic acids is 1. The first kappa shape index (κ1) is 13.9. The number of rotatable bonds is 4. The molecule has 0 aliphatic rings. The molecule has 106 valence electrons. The van der Waals surface area contributed by atoms with E-state index >= 15 is 0 Å². The predicted octanol–water partition coefficient (Wildman–Crippen LogP) is -0.177. The number of hydrogen-bond donors (Lipinski definition) is 1. The van der Waals surface area contributed by atoms with Crippen LogP contribution in [0.5, 0.6) is 0 Å². The van der Waals surface area contributed by atoms with Gasteiger partial charge in [-0.05, 0) is 6.07 Å². The van der Waals surface area contributed by atoms with Crippen molar-refractivity contribution < 1.29 is 4.79 Å². The summed E-state index contributed by atoms with van der Waals surface area (Å²) in [6.45, 7) is 0.421. The van der Waals surface area contributed by atoms with Crippen molar-refractivity contribution in [3.63, 3.8) is 0 Å². The van der Waals surface area contributed by atoms with Gasteiger partial charge in [0.05, 0.1) is 6.20 Å². The zero-order valence-corrected chi connectivity index (χ0v) is 11.5.